The van der Waals surface area contributed by atoms with Gasteiger partial charge in [-0.2, -0.15) is 0 Å². The molecule has 3 rings (SSSR count). The normalized spacial score (nSPS) is 10.3. The van der Waals surface area contributed by atoms with Crippen LogP contribution >= 0.6 is 67.2 Å². The molecule has 0 unspecified atom stereocenters. The van der Waals surface area contributed by atoms with E-state index in [1.54, 1.807) is 11.3 Å². The lowest BCUT2D eigenvalue weighted by Crippen LogP contribution is -1.69. The Hall–Kier alpha value is 0.187. The van der Waals surface area contributed by atoms with Gasteiger partial charge in [-0.3, -0.25) is 0 Å². The molecule has 3 aromatic rings. The summed E-state index contributed by atoms with van der Waals surface area (Å²) in [6.07, 6.45) is 0. The number of rotatable bonds is 2. The van der Waals surface area contributed by atoms with E-state index in [0.717, 1.165) is 0 Å². The third-order valence-electron chi connectivity index (χ3n) is 2.20. The van der Waals surface area contributed by atoms with E-state index in [9.17, 15) is 0 Å². The summed E-state index contributed by atoms with van der Waals surface area (Å²) in [5.74, 6) is 0. The van der Waals surface area contributed by atoms with Crippen LogP contribution in [0.3, 0.4) is 0 Å². The SMILES string of the molecule is Cl[SiH](Cl)Cl.c1csc(-c2ccsc2-c2cccs2)c1. The third kappa shape index (κ3) is 4.60. The predicted octanol–water partition coefficient (Wildman–Crippen LogP) is 6.63. The summed E-state index contributed by atoms with van der Waals surface area (Å²) in [7, 11) is 0. The van der Waals surface area contributed by atoms with Gasteiger partial charge in [0.15, 0.2) is 0 Å². The van der Waals surface area contributed by atoms with E-state index < -0.39 is 6.73 Å². The fraction of sp³-hybridized carbons (Fsp3) is 0. The summed E-state index contributed by atoms with van der Waals surface area (Å²) >= 11 is 20.3. The number of hydrogen-bond acceptors (Lipinski definition) is 3. The Balaban J connectivity index is 0.000000297. The summed E-state index contributed by atoms with van der Waals surface area (Å²) in [5.41, 5.74) is 1.37. The highest BCUT2D eigenvalue weighted by atomic mass is 35.8. The molecule has 0 bridgehead atoms. The highest BCUT2D eigenvalue weighted by Crippen LogP contribution is 2.40. The predicted molar refractivity (Wildman–Crippen MR) is 95.7 cm³/mol. The minimum Gasteiger partial charge on any atom is -0.144 e. The summed E-state index contributed by atoms with van der Waals surface area (Å²) in [6.45, 7) is -1.72. The zero-order chi connectivity index (χ0) is 13.7. The molecular weight excluding hydrogens is 375 g/mol. The van der Waals surface area contributed by atoms with Crippen molar-refractivity contribution in [3.63, 3.8) is 0 Å². The van der Waals surface area contributed by atoms with Gasteiger partial charge < -0.3 is 0 Å². The highest BCUT2D eigenvalue weighted by molar-refractivity contribution is 7.54. The van der Waals surface area contributed by atoms with E-state index in [1.807, 2.05) is 22.7 Å². The van der Waals surface area contributed by atoms with E-state index in [2.05, 4.69) is 46.5 Å². The van der Waals surface area contributed by atoms with Crippen molar-refractivity contribution in [1.82, 2.24) is 0 Å². The lowest BCUT2D eigenvalue weighted by Gasteiger charge is -1.97. The van der Waals surface area contributed by atoms with Crippen molar-refractivity contribution in [2.45, 2.75) is 0 Å². The molecule has 0 amide bonds. The topological polar surface area (TPSA) is 0 Å². The molecule has 100 valence electrons. The Morgan fingerprint density at radius 2 is 1.32 bits per heavy atom. The summed E-state index contributed by atoms with van der Waals surface area (Å²) in [4.78, 5) is 4.13. The van der Waals surface area contributed by atoms with Gasteiger partial charge >= 0.3 is 6.73 Å². The molecule has 0 radical (unpaired) electrons. The van der Waals surface area contributed by atoms with E-state index in [0.29, 0.717) is 0 Å². The second-order valence-electron chi connectivity index (χ2n) is 3.37. The van der Waals surface area contributed by atoms with Gasteiger partial charge in [0.05, 0.1) is 4.88 Å². The van der Waals surface area contributed by atoms with Crippen molar-refractivity contribution in [3.8, 4) is 20.2 Å². The molecule has 0 aliphatic carbocycles. The Morgan fingerprint density at radius 3 is 1.84 bits per heavy atom. The van der Waals surface area contributed by atoms with E-state index in [-0.39, 0.29) is 0 Å². The molecule has 0 atom stereocenters. The molecule has 0 fully saturated rings. The zero-order valence-electron chi connectivity index (χ0n) is 9.55. The maximum absolute atomic E-state index is 4.94. The molecule has 3 aromatic heterocycles. The van der Waals surface area contributed by atoms with Crippen LogP contribution in [0.1, 0.15) is 0 Å². The Kier molecular flexibility index (Phi) is 6.42. The van der Waals surface area contributed by atoms with Crippen molar-refractivity contribution in [1.29, 1.82) is 0 Å². The average Bonchev–Trinajstić information content (AvgIpc) is 3.11. The van der Waals surface area contributed by atoms with Crippen molar-refractivity contribution in [2.24, 2.45) is 0 Å². The van der Waals surface area contributed by atoms with Gasteiger partial charge in [-0.15, -0.1) is 67.2 Å². The van der Waals surface area contributed by atoms with Gasteiger partial charge in [0.25, 0.3) is 0 Å². The standard InChI is InChI=1S/C12H8S3.Cl3HSi/c1-3-10(13-6-1)9-5-8-15-12(9)11-4-2-7-14-11;1-4(2)3/h1-8H;4H. The van der Waals surface area contributed by atoms with E-state index in [4.69, 9.17) is 33.2 Å². The molecule has 0 N–H and O–H groups in total. The minimum atomic E-state index is -1.72. The first-order valence-corrected chi connectivity index (χ1v) is 13.1. The first-order valence-electron chi connectivity index (χ1n) is 5.26. The molecule has 0 aliphatic rings. The number of hydrogen-bond donors (Lipinski definition) is 0. The first kappa shape index (κ1) is 15.6. The Bertz CT molecular complexity index is 536. The zero-order valence-corrected chi connectivity index (χ0v) is 15.4. The van der Waals surface area contributed by atoms with Crippen molar-refractivity contribution in [3.05, 3.63) is 46.5 Å². The van der Waals surface area contributed by atoms with Gasteiger partial charge in [0.1, 0.15) is 0 Å². The van der Waals surface area contributed by atoms with Crippen LogP contribution < -0.4 is 0 Å². The largest absolute Gasteiger partial charge is 0.326 e. The van der Waals surface area contributed by atoms with Gasteiger partial charge in [-0.25, -0.2) is 0 Å². The number of halogens is 3. The monoisotopic (exact) mass is 382 g/mol. The fourth-order valence-electron chi connectivity index (χ4n) is 1.53. The molecule has 7 heteroatoms. The second kappa shape index (κ2) is 7.83. The molecule has 0 spiro atoms. The van der Waals surface area contributed by atoms with Crippen LogP contribution in [0.5, 0.6) is 0 Å². The van der Waals surface area contributed by atoms with Crippen LogP contribution in [0, 0.1) is 0 Å². The van der Waals surface area contributed by atoms with Crippen LogP contribution in [0.25, 0.3) is 20.2 Å². The maximum atomic E-state index is 4.94. The van der Waals surface area contributed by atoms with Crippen molar-refractivity contribution in [2.75, 3.05) is 0 Å². The van der Waals surface area contributed by atoms with Crippen LogP contribution in [0.15, 0.2) is 46.5 Å². The van der Waals surface area contributed by atoms with Gasteiger partial charge in [0, 0.05) is 15.3 Å². The minimum absolute atomic E-state index is 1.36. The van der Waals surface area contributed by atoms with E-state index >= 15 is 0 Å². The van der Waals surface area contributed by atoms with Crippen molar-refractivity contribution >= 4 is 74.0 Å². The summed E-state index contributed by atoms with van der Waals surface area (Å²) in [6, 6.07) is 10.8. The van der Waals surface area contributed by atoms with Crippen LogP contribution in [0.2, 0.25) is 0 Å². The summed E-state index contributed by atoms with van der Waals surface area (Å²) in [5, 5.41) is 6.43. The van der Waals surface area contributed by atoms with Gasteiger partial charge in [-0.1, -0.05) is 12.1 Å². The van der Waals surface area contributed by atoms with Gasteiger partial charge in [-0.05, 0) is 34.3 Å². The number of thiophene rings is 3. The third-order valence-corrected chi connectivity index (χ3v) is 5.06. The molecule has 0 saturated heterocycles. The highest BCUT2D eigenvalue weighted by Gasteiger charge is 2.09. The maximum Gasteiger partial charge on any atom is 0.326 e. The van der Waals surface area contributed by atoms with E-state index in [1.165, 1.54) is 20.2 Å². The van der Waals surface area contributed by atoms with Crippen LogP contribution in [-0.4, -0.2) is 6.73 Å². The molecule has 0 saturated carbocycles. The molecule has 0 nitrogen and oxygen atoms in total. The second-order valence-corrected chi connectivity index (χ2v) is 12.6. The summed E-state index contributed by atoms with van der Waals surface area (Å²) < 4.78 is 0. The molecule has 3 heterocycles. The molecule has 0 aliphatic heterocycles. The lowest BCUT2D eigenvalue weighted by molar-refractivity contribution is 1.86. The van der Waals surface area contributed by atoms with Gasteiger partial charge in [0.2, 0.25) is 0 Å². The molecule has 0 aromatic carbocycles. The Labute approximate surface area is 139 Å². The van der Waals surface area contributed by atoms with Crippen LogP contribution in [0.4, 0.5) is 0 Å². The Morgan fingerprint density at radius 1 is 0.737 bits per heavy atom. The average molecular weight is 384 g/mol. The molecule has 19 heavy (non-hydrogen) atoms. The van der Waals surface area contributed by atoms with Crippen molar-refractivity contribution < 1.29 is 0 Å². The van der Waals surface area contributed by atoms with Crippen LogP contribution in [-0.2, 0) is 0 Å². The fourth-order valence-corrected chi connectivity index (χ4v) is 4.15. The first-order chi connectivity index (χ1) is 9.18. The quantitative estimate of drug-likeness (QED) is 0.344. The molecular formula is C12H9Cl3S3Si. The lowest BCUT2D eigenvalue weighted by atomic mass is 10.2. The smallest absolute Gasteiger partial charge is 0.144 e.